The molecule has 2 rings (SSSR count). The summed E-state index contributed by atoms with van der Waals surface area (Å²) in [6.07, 6.45) is 0. The summed E-state index contributed by atoms with van der Waals surface area (Å²) >= 11 is 0. The molecule has 0 spiro atoms. The van der Waals surface area contributed by atoms with Crippen molar-refractivity contribution in [3.63, 3.8) is 0 Å². The van der Waals surface area contributed by atoms with E-state index in [1.54, 1.807) is 18.2 Å². The Kier molecular flexibility index (Phi) is 2.26. The fourth-order valence-corrected chi connectivity index (χ4v) is 1.31. The third-order valence-electron chi connectivity index (χ3n) is 1.94. The van der Waals surface area contributed by atoms with Crippen molar-refractivity contribution < 1.29 is 14.7 Å². The normalized spacial score (nSPS) is 16.5. The van der Waals surface area contributed by atoms with Crippen molar-refractivity contribution in [1.82, 2.24) is 0 Å². The van der Waals surface area contributed by atoms with Crippen LogP contribution in [-0.2, 0) is 4.84 Å². The molecule has 1 aromatic rings. The molecule has 1 N–H and O–H groups in total. The number of fused-ring (bicyclic) bond motifs is 1. The molecule has 0 unspecified atom stereocenters. The molecule has 0 saturated heterocycles. The summed E-state index contributed by atoms with van der Waals surface area (Å²) in [5, 5.41) is 13.1. The molecule has 0 aliphatic carbocycles. The molecular weight excluding hydrogens is 182 g/mol. The van der Waals surface area contributed by atoms with E-state index in [9.17, 15) is 5.11 Å². The van der Waals surface area contributed by atoms with Crippen LogP contribution in [0.15, 0.2) is 23.4 Å². The highest BCUT2D eigenvalue weighted by Gasteiger charge is 2.20. The van der Waals surface area contributed by atoms with Crippen molar-refractivity contribution in [1.29, 1.82) is 0 Å². The zero-order chi connectivity index (χ0) is 9.97. The molecule has 4 nitrogen and oxygen atoms in total. The van der Waals surface area contributed by atoms with Gasteiger partial charge in [0, 0.05) is 11.6 Å². The maximum atomic E-state index is 9.21. The molecule has 1 aliphatic heterocycles. The molecular formula is C10H11NO3. The quantitative estimate of drug-likeness (QED) is 0.724. The summed E-state index contributed by atoms with van der Waals surface area (Å²) < 4.78 is 5.32. The summed E-state index contributed by atoms with van der Waals surface area (Å²) in [5.74, 6) is 0.852. The number of ether oxygens (including phenoxy) is 1. The van der Waals surface area contributed by atoms with E-state index in [1.165, 1.54) is 0 Å². The fraction of sp³-hybridized carbons (Fsp3) is 0.300. The van der Waals surface area contributed by atoms with Gasteiger partial charge >= 0.3 is 0 Å². The summed E-state index contributed by atoms with van der Waals surface area (Å²) in [6, 6.07) is 4.95. The van der Waals surface area contributed by atoms with Crippen molar-refractivity contribution in [3.05, 3.63) is 23.8 Å². The summed E-state index contributed by atoms with van der Waals surface area (Å²) in [4.78, 5) is 4.95. The van der Waals surface area contributed by atoms with Crippen molar-refractivity contribution in [2.75, 3.05) is 13.2 Å². The van der Waals surface area contributed by atoms with E-state index in [0.29, 0.717) is 19.0 Å². The highest BCUT2D eigenvalue weighted by atomic mass is 16.6. The first-order valence-electron chi connectivity index (χ1n) is 4.46. The topological polar surface area (TPSA) is 51.0 Å². The lowest BCUT2D eigenvalue weighted by Gasteiger charge is -1.97. The van der Waals surface area contributed by atoms with Gasteiger partial charge in [-0.3, -0.25) is 0 Å². The Morgan fingerprint density at radius 1 is 1.57 bits per heavy atom. The van der Waals surface area contributed by atoms with Gasteiger partial charge in [-0.05, 0) is 19.1 Å². The average molecular weight is 193 g/mol. The van der Waals surface area contributed by atoms with Crippen LogP contribution < -0.4 is 4.74 Å². The SMILES string of the molecule is CCON=C1COc2cc(O)ccc21. The van der Waals surface area contributed by atoms with Crippen molar-refractivity contribution in [3.8, 4) is 11.5 Å². The first-order chi connectivity index (χ1) is 6.81. The van der Waals surface area contributed by atoms with Crippen LogP contribution in [0.4, 0.5) is 0 Å². The lowest BCUT2D eigenvalue weighted by molar-refractivity contribution is 0.158. The standard InChI is InChI=1S/C10H11NO3/c1-2-14-11-9-6-13-10-5-7(12)3-4-8(9)10/h3-5,12H,2,6H2,1H3. The van der Waals surface area contributed by atoms with E-state index in [2.05, 4.69) is 5.16 Å². The Morgan fingerprint density at radius 2 is 2.43 bits per heavy atom. The first-order valence-corrected chi connectivity index (χ1v) is 4.46. The van der Waals surface area contributed by atoms with E-state index in [4.69, 9.17) is 9.57 Å². The maximum Gasteiger partial charge on any atom is 0.134 e. The fourth-order valence-electron chi connectivity index (χ4n) is 1.31. The molecule has 4 heteroatoms. The Hall–Kier alpha value is -1.71. The number of phenolic OH excluding ortho intramolecular Hbond substituents is 1. The van der Waals surface area contributed by atoms with Gasteiger partial charge in [0.1, 0.15) is 30.4 Å². The molecule has 1 aromatic carbocycles. The van der Waals surface area contributed by atoms with Crippen molar-refractivity contribution >= 4 is 5.71 Å². The maximum absolute atomic E-state index is 9.21. The Morgan fingerprint density at radius 3 is 3.21 bits per heavy atom. The molecule has 0 aromatic heterocycles. The molecule has 1 heterocycles. The second kappa shape index (κ2) is 3.57. The lowest BCUT2D eigenvalue weighted by atomic mass is 10.1. The minimum Gasteiger partial charge on any atom is -0.508 e. The number of hydrogen-bond donors (Lipinski definition) is 1. The van der Waals surface area contributed by atoms with Gasteiger partial charge in [0.05, 0.1) is 0 Å². The van der Waals surface area contributed by atoms with Gasteiger partial charge in [0.15, 0.2) is 0 Å². The van der Waals surface area contributed by atoms with Crippen molar-refractivity contribution in [2.45, 2.75) is 6.92 Å². The van der Waals surface area contributed by atoms with Gasteiger partial charge in [0.2, 0.25) is 0 Å². The van der Waals surface area contributed by atoms with Crippen LogP contribution in [0.1, 0.15) is 12.5 Å². The number of rotatable bonds is 2. The van der Waals surface area contributed by atoms with Gasteiger partial charge in [-0.15, -0.1) is 0 Å². The van der Waals surface area contributed by atoms with Crippen LogP contribution in [0.5, 0.6) is 11.5 Å². The summed E-state index contributed by atoms with van der Waals surface area (Å²) in [6.45, 7) is 2.81. The third-order valence-corrected chi connectivity index (χ3v) is 1.94. The van der Waals surface area contributed by atoms with E-state index in [0.717, 1.165) is 11.3 Å². The number of oxime groups is 1. The summed E-state index contributed by atoms with van der Waals surface area (Å²) in [5.41, 5.74) is 1.65. The molecule has 74 valence electrons. The Balaban J connectivity index is 2.31. The van der Waals surface area contributed by atoms with Crippen LogP contribution in [0.25, 0.3) is 0 Å². The van der Waals surface area contributed by atoms with E-state index >= 15 is 0 Å². The smallest absolute Gasteiger partial charge is 0.134 e. The zero-order valence-corrected chi connectivity index (χ0v) is 7.86. The number of benzene rings is 1. The van der Waals surface area contributed by atoms with Crippen LogP contribution in [0.3, 0.4) is 0 Å². The van der Waals surface area contributed by atoms with Gasteiger partial charge in [-0.25, -0.2) is 0 Å². The largest absolute Gasteiger partial charge is 0.508 e. The monoisotopic (exact) mass is 193 g/mol. The van der Waals surface area contributed by atoms with E-state index < -0.39 is 0 Å². The first kappa shape index (κ1) is 8.87. The molecule has 0 radical (unpaired) electrons. The van der Waals surface area contributed by atoms with Gasteiger partial charge < -0.3 is 14.7 Å². The number of aromatic hydroxyl groups is 1. The zero-order valence-electron chi connectivity index (χ0n) is 7.86. The predicted molar refractivity (Wildman–Crippen MR) is 51.8 cm³/mol. The van der Waals surface area contributed by atoms with E-state index in [1.807, 2.05) is 6.92 Å². The number of nitrogens with zero attached hydrogens (tertiary/aromatic N) is 1. The molecule has 14 heavy (non-hydrogen) atoms. The van der Waals surface area contributed by atoms with E-state index in [-0.39, 0.29) is 5.75 Å². The number of phenols is 1. The average Bonchev–Trinajstić information content (AvgIpc) is 2.57. The minimum atomic E-state index is 0.196. The summed E-state index contributed by atoms with van der Waals surface area (Å²) in [7, 11) is 0. The second-order valence-corrected chi connectivity index (χ2v) is 2.92. The van der Waals surface area contributed by atoms with Crippen LogP contribution >= 0.6 is 0 Å². The number of hydrogen-bond acceptors (Lipinski definition) is 4. The molecule has 1 aliphatic rings. The predicted octanol–water partition coefficient (Wildman–Crippen LogP) is 1.53. The van der Waals surface area contributed by atoms with Crippen molar-refractivity contribution in [2.24, 2.45) is 5.16 Å². The lowest BCUT2D eigenvalue weighted by Crippen LogP contribution is -2.03. The van der Waals surface area contributed by atoms with Gasteiger partial charge in [-0.2, -0.15) is 0 Å². The van der Waals surface area contributed by atoms with Crippen LogP contribution in [0, 0.1) is 0 Å². The minimum absolute atomic E-state index is 0.196. The Labute approximate surface area is 81.8 Å². The van der Waals surface area contributed by atoms with Crippen LogP contribution in [-0.4, -0.2) is 24.0 Å². The molecule has 0 amide bonds. The molecule has 0 fully saturated rings. The highest BCUT2D eigenvalue weighted by Crippen LogP contribution is 2.29. The molecule has 0 saturated carbocycles. The highest BCUT2D eigenvalue weighted by molar-refractivity contribution is 6.06. The second-order valence-electron chi connectivity index (χ2n) is 2.92. The third kappa shape index (κ3) is 1.51. The van der Waals surface area contributed by atoms with Gasteiger partial charge in [-0.1, -0.05) is 5.16 Å². The molecule has 0 atom stereocenters. The van der Waals surface area contributed by atoms with Gasteiger partial charge in [0.25, 0.3) is 0 Å². The Bertz CT molecular complexity index is 374. The van der Waals surface area contributed by atoms with Crippen LogP contribution in [0.2, 0.25) is 0 Å². The molecule has 0 bridgehead atoms.